The summed E-state index contributed by atoms with van der Waals surface area (Å²) >= 11 is 0. The van der Waals surface area contributed by atoms with Crippen LogP contribution in [0.4, 0.5) is 0 Å². The van der Waals surface area contributed by atoms with Crippen LogP contribution in [0.5, 0.6) is 5.75 Å². The molecule has 0 aromatic heterocycles. The molecule has 3 heteroatoms. The fourth-order valence-corrected chi connectivity index (χ4v) is 3.03. The summed E-state index contributed by atoms with van der Waals surface area (Å²) in [6, 6.07) is 9.15. The minimum absolute atomic E-state index is 0.274. The molecule has 0 spiro atoms. The molecule has 0 atom stereocenters. The van der Waals surface area contributed by atoms with Gasteiger partial charge in [0.05, 0.1) is 7.11 Å². The van der Waals surface area contributed by atoms with Crippen molar-refractivity contribution in [1.29, 1.82) is 0 Å². The summed E-state index contributed by atoms with van der Waals surface area (Å²) in [6.07, 6.45) is 4.85. The van der Waals surface area contributed by atoms with E-state index in [9.17, 15) is 0 Å². The standard InChI is InChI=1S/C19H32N2O/c1-5-19(2,3)20-17-11-14-21(15-12-17)13-10-16-6-8-18(22-4)9-7-16/h6-9,17,20H,5,10-15H2,1-4H3. The van der Waals surface area contributed by atoms with Crippen molar-refractivity contribution >= 4 is 0 Å². The largest absolute Gasteiger partial charge is 0.497 e. The lowest BCUT2D eigenvalue weighted by molar-refractivity contribution is 0.177. The van der Waals surface area contributed by atoms with Gasteiger partial charge in [-0.1, -0.05) is 19.1 Å². The maximum atomic E-state index is 5.21. The predicted molar refractivity (Wildman–Crippen MR) is 93.7 cm³/mol. The number of benzene rings is 1. The van der Waals surface area contributed by atoms with Crippen molar-refractivity contribution in [1.82, 2.24) is 10.2 Å². The number of nitrogens with zero attached hydrogens (tertiary/aromatic N) is 1. The molecule has 0 saturated carbocycles. The SMILES string of the molecule is CCC(C)(C)NC1CCN(CCc2ccc(OC)cc2)CC1. The third kappa shape index (κ3) is 5.29. The first kappa shape index (κ1) is 17.3. The van der Waals surface area contributed by atoms with E-state index in [1.807, 2.05) is 0 Å². The molecule has 1 saturated heterocycles. The molecule has 1 N–H and O–H groups in total. The summed E-state index contributed by atoms with van der Waals surface area (Å²) < 4.78 is 5.21. The van der Waals surface area contributed by atoms with Crippen LogP contribution in [-0.4, -0.2) is 43.2 Å². The van der Waals surface area contributed by atoms with Gasteiger partial charge in [-0.25, -0.2) is 0 Å². The van der Waals surface area contributed by atoms with Crippen LogP contribution in [-0.2, 0) is 6.42 Å². The quantitative estimate of drug-likeness (QED) is 0.834. The molecule has 3 nitrogen and oxygen atoms in total. The summed E-state index contributed by atoms with van der Waals surface area (Å²) in [5, 5.41) is 3.81. The molecule has 1 aromatic rings. The number of hydrogen-bond donors (Lipinski definition) is 1. The smallest absolute Gasteiger partial charge is 0.118 e. The zero-order valence-corrected chi connectivity index (χ0v) is 14.7. The van der Waals surface area contributed by atoms with Crippen LogP contribution in [0.2, 0.25) is 0 Å². The summed E-state index contributed by atoms with van der Waals surface area (Å²) in [6.45, 7) is 10.5. The van der Waals surface area contributed by atoms with Gasteiger partial charge in [0, 0.05) is 18.1 Å². The van der Waals surface area contributed by atoms with Crippen LogP contribution < -0.4 is 10.1 Å². The van der Waals surface area contributed by atoms with E-state index < -0.39 is 0 Å². The average Bonchev–Trinajstić information content (AvgIpc) is 2.54. The summed E-state index contributed by atoms with van der Waals surface area (Å²) in [5.41, 5.74) is 1.67. The molecule has 0 amide bonds. The lowest BCUT2D eigenvalue weighted by Crippen LogP contribution is -2.50. The Hall–Kier alpha value is -1.06. The zero-order chi connectivity index (χ0) is 16.0. The van der Waals surface area contributed by atoms with Crippen LogP contribution in [0.25, 0.3) is 0 Å². The van der Waals surface area contributed by atoms with Crippen molar-refractivity contribution in [3.63, 3.8) is 0 Å². The second kappa shape index (κ2) is 7.98. The van der Waals surface area contributed by atoms with Crippen molar-refractivity contribution in [2.24, 2.45) is 0 Å². The topological polar surface area (TPSA) is 24.5 Å². The molecule has 0 unspecified atom stereocenters. The van der Waals surface area contributed by atoms with Crippen LogP contribution in [0.1, 0.15) is 45.6 Å². The van der Waals surface area contributed by atoms with Gasteiger partial charge < -0.3 is 15.0 Å². The van der Waals surface area contributed by atoms with Crippen molar-refractivity contribution in [3.05, 3.63) is 29.8 Å². The number of methoxy groups -OCH3 is 1. The zero-order valence-electron chi connectivity index (χ0n) is 14.7. The molecule has 22 heavy (non-hydrogen) atoms. The van der Waals surface area contributed by atoms with E-state index in [0.717, 1.165) is 18.7 Å². The molecule has 1 fully saturated rings. The first-order valence-corrected chi connectivity index (χ1v) is 8.65. The third-order valence-electron chi connectivity index (χ3n) is 4.94. The molecule has 0 bridgehead atoms. The number of rotatable bonds is 7. The first-order chi connectivity index (χ1) is 10.5. The van der Waals surface area contributed by atoms with E-state index in [2.05, 4.69) is 55.3 Å². The van der Waals surface area contributed by atoms with Crippen LogP contribution >= 0.6 is 0 Å². The fraction of sp³-hybridized carbons (Fsp3) is 0.684. The van der Waals surface area contributed by atoms with Gasteiger partial charge in [-0.15, -0.1) is 0 Å². The van der Waals surface area contributed by atoms with Gasteiger partial charge in [0.2, 0.25) is 0 Å². The Labute approximate surface area is 136 Å². The Balaban J connectivity index is 1.71. The summed E-state index contributed by atoms with van der Waals surface area (Å²) in [5.74, 6) is 0.939. The minimum atomic E-state index is 0.274. The van der Waals surface area contributed by atoms with Crippen molar-refractivity contribution < 1.29 is 4.74 Å². The van der Waals surface area contributed by atoms with Gasteiger partial charge in [-0.2, -0.15) is 0 Å². The molecule has 0 aliphatic carbocycles. The molecular weight excluding hydrogens is 272 g/mol. The second-order valence-electron chi connectivity index (χ2n) is 7.10. The Morgan fingerprint density at radius 2 is 1.82 bits per heavy atom. The predicted octanol–water partition coefficient (Wildman–Crippen LogP) is 3.48. The Morgan fingerprint density at radius 1 is 1.18 bits per heavy atom. The van der Waals surface area contributed by atoms with Crippen LogP contribution in [0.3, 0.4) is 0 Å². The second-order valence-corrected chi connectivity index (χ2v) is 7.10. The first-order valence-electron chi connectivity index (χ1n) is 8.65. The van der Waals surface area contributed by atoms with Crippen molar-refractivity contribution in [2.75, 3.05) is 26.7 Å². The fourth-order valence-electron chi connectivity index (χ4n) is 3.03. The van der Waals surface area contributed by atoms with Crippen LogP contribution in [0.15, 0.2) is 24.3 Å². The maximum Gasteiger partial charge on any atom is 0.118 e. The number of piperidine rings is 1. The lowest BCUT2D eigenvalue weighted by Gasteiger charge is -2.37. The van der Waals surface area contributed by atoms with Gasteiger partial charge in [0.15, 0.2) is 0 Å². The summed E-state index contributed by atoms with van der Waals surface area (Å²) in [7, 11) is 1.72. The molecule has 124 valence electrons. The molecular formula is C19H32N2O. The normalized spacial score (nSPS) is 17.6. The highest BCUT2D eigenvalue weighted by Crippen LogP contribution is 2.17. The Morgan fingerprint density at radius 3 is 2.36 bits per heavy atom. The van der Waals surface area contributed by atoms with Crippen molar-refractivity contribution in [3.8, 4) is 5.75 Å². The number of ether oxygens (including phenoxy) is 1. The maximum absolute atomic E-state index is 5.21. The molecule has 0 radical (unpaired) electrons. The highest BCUT2D eigenvalue weighted by Gasteiger charge is 2.24. The van der Waals surface area contributed by atoms with Gasteiger partial charge in [0.25, 0.3) is 0 Å². The Kier molecular flexibility index (Phi) is 6.27. The van der Waals surface area contributed by atoms with E-state index >= 15 is 0 Å². The number of likely N-dealkylation sites (tertiary alicyclic amines) is 1. The monoisotopic (exact) mass is 304 g/mol. The van der Waals surface area contributed by atoms with Gasteiger partial charge >= 0.3 is 0 Å². The average molecular weight is 304 g/mol. The Bertz CT molecular complexity index is 433. The van der Waals surface area contributed by atoms with E-state index in [-0.39, 0.29) is 5.54 Å². The molecule has 1 aliphatic heterocycles. The highest BCUT2D eigenvalue weighted by atomic mass is 16.5. The molecule has 1 aromatic carbocycles. The minimum Gasteiger partial charge on any atom is -0.497 e. The number of hydrogen-bond acceptors (Lipinski definition) is 3. The van der Waals surface area contributed by atoms with Gasteiger partial charge in [0.1, 0.15) is 5.75 Å². The highest BCUT2D eigenvalue weighted by molar-refractivity contribution is 5.27. The van der Waals surface area contributed by atoms with E-state index in [1.165, 1.54) is 37.9 Å². The molecule has 1 heterocycles. The van der Waals surface area contributed by atoms with E-state index in [1.54, 1.807) is 7.11 Å². The van der Waals surface area contributed by atoms with E-state index in [4.69, 9.17) is 4.74 Å². The molecule has 1 aliphatic rings. The third-order valence-corrected chi connectivity index (χ3v) is 4.94. The van der Waals surface area contributed by atoms with Crippen LogP contribution in [0, 0.1) is 0 Å². The van der Waals surface area contributed by atoms with E-state index in [0.29, 0.717) is 6.04 Å². The van der Waals surface area contributed by atoms with Gasteiger partial charge in [-0.3, -0.25) is 0 Å². The molecule has 2 rings (SSSR count). The summed E-state index contributed by atoms with van der Waals surface area (Å²) in [4.78, 5) is 2.60. The van der Waals surface area contributed by atoms with Gasteiger partial charge in [-0.05, 0) is 70.3 Å². The number of nitrogens with one attached hydrogen (secondary N) is 1. The van der Waals surface area contributed by atoms with Crippen molar-refractivity contribution in [2.45, 2.75) is 58.0 Å². The lowest BCUT2D eigenvalue weighted by atomic mass is 9.96.